The molecular formula is C29H25ClF2N4. The number of nitrogens with one attached hydrogen (secondary N) is 2. The van der Waals surface area contributed by atoms with Crippen molar-refractivity contribution in [3.63, 3.8) is 0 Å². The number of H-pyrrole nitrogens is 1. The number of aromatic nitrogens is 2. The summed E-state index contributed by atoms with van der Waals surface area (Å²) in [5.41, 5.74) is 2.23. The van der Waals surface area contributed by atoms with E-state index < -0.39 is 11.6 Å². The fourth-order valence-corrected chi connectivity index (χ4v) is 6.59. The summed E-state index contributed by atoms with van der Waals surface area (Å²) in [5.74, 6) is 0.616. The Hall–Kier alpha value is -3.43. The zero-order valence-electron chi connectivity index (χ0n) is 19.8. The van der Waals surface area contributed by atoms with Gasteiger partial charge in [0.15, 0.2) is 11.6 Å². The minimum absolute atomic E-state index is 0.0868. The van der Waals surface area contributed by atoms with Crippen LogP contribution in [-0.4, -0.2) is 16.0 Å². The molecule has 7 heteroatoms. The first-order valence-electron chi connectivity index (χ1n) is 12.4. The lowest BCUT2D eigenvalue weighted by Gasteiger charge is -2.47. The molecular weight excluding hydrogens is 478 g/mol. The third kappa shape index (κ3) is 3.65. The van der Waals surface area contributed by atoms with E-state index in [1.54, 1.807) is 18.3 Å². The maximum atomic E-state index is 16.2. The van der Waals surface area contributed by atoms with Crippen molar-refractivity contribution in [3.8, 4) is 22.4 Å². The van der Waals surface area contributed by atoms with E-state index >= 15 is 4.39 Å². The second-order valence-electron chi connectivity index (χ2n) is 10.0. The van der Waals surface area contributed by atoms with Gasteiger partial charge in [0.2, 0.25) is 5.69 Å². The summed E-state index contributed by atoms with van der Waals surface area (Å²) in [6.07, 6.45) is 6.37. The molecule has 0 aliphatic heterocycles. The molecule has 0 amide bonds. The van der Waals surface area contributed by atoms with Crippen LogP contribution >= 0.6 is 11.6 Å². The van der Waals surface area contributed by atoms with Crippen LogP contribution in [0.5, 0.6) is 0 Å². The smallest absolute Gasteiger partial charge is 0.223 e. The SMILES string of the molecule is [C-]#[N+]c1c(-c2c[nH]c3c(Cl)cc(F)cc23)nc(N[C@@H]2C3CCC(CC3)[C@H]2C)c(F)c1-c1ccccc1. The Bertz CT molecular complexity index is 1500. The molecule has 2 aromatic heterocycles. The van der Waals surface area contributed by atoms with Crippen molar-refractivity contribution in [1.29, 1.82) is 0 Å². The third-order valence-electron chi connectivity index (χ3n) is 8.19. The Balaban J connectivity index is 1.58. The van der Waals surface area contributed by atoms with Crippen molar-refractivity contribution in [2.24, 2.45) is 17.8 Å². The second kappa shape index (κ2) is 8.90. The summed E-state index contributed by atoms with van der Waals surface area (Å²) >= 11 is 6.28. The minimum atomic E-state index is -0.534. The molecule has 7 rings (SSSR count). The van der Waals surface area contributed by atoms with Crippen molar-refractivity contribution >= 4 is 34.0 Å². The van der Waals surface area contributed by atoms with E-state index in [-0.39, 0.29) is 28.1 Å². The summed E-state index contributed by atoms with van der Waals surface area (Å²) in [5, 5.41) is 4.20. The van der Waals surface area contributed by atoms with E-state index in [1.807, 2.05) is 18.2 Å². The Labute approximate surface area is 213 Å². The number of aromatic amines is 1. The highest BCUT2D eigenvalue weighted by Gasteiger charge is 2.42. The van der Waals surface area contributed by atoms with Gasteiger partial charge in [-0.1, -0.05) is 48.9 Å². The molecule has 3 aliphatic carbocycles. The summed E-state index contributed by atoms with van der Waals surface area (Å²) in [4.78, 5) is 11.5. The lowest BCUT2D eigenvalue weighted by molar-refractivity contribution is 0.0926. The van der Waals surface area contributed by atoms with Crippen LogP contribution in [0.3, 0.4) is 0 Å². The van der Waals surface area contributed by atoms with Crippen LogP contribution in [0.1, 0.15) is 32.6 Å². The van der Waals surface area contributed by atoms with Crippen molar-refractivity contribution < 1.29 is 8.78 Å². The van der Waals surface area contributed by atoms with Crippen LogP contribution in [0.15, 0.2) is 48.7 Å². The van der Waals surface area contributed by atoms with E-state index in [0.717, 1.165) is 12.8 Å². The molecule has 0 spiro atoms. The number of pyridine rings is 1. The molecule has 4 nitrogen and oxygen atoms in total. The van der Waals surface area contributed by atoms with Crippen molar-refractivity contribution in [3.05, 3.63) is 76.7 Å². The molecule has 36 heavy (non-hydrogen) atoms. The molecule has 2 bridgehead atoms. The quantitative estimate of drug-likeness (QED) is 0.274. The van der Waals surface area contributed by atoms with E-state index in [0.29, 0.717) is 45.5 Å². The normalized spacial score (nSPS) is 23.1. The second-order valence-corrected chi connectivity index (χ2v) is 10.4. The summed E-state index contributed by atoms with van der Waals surface area (Å²) < 4.78 is 30.6. The number of hydrogen-bond donors (Lipinski definition) is 2. The van der Waals surface area contributed by atoms with Gasteiger partial charge in [0.25, 0.3) is 0 Å². The zero-order valence-corrected chi connectivity index (χ0v) is 20.5. The number of halogens is 3. The Kier molecular flexibility index (Phi) is 5.69. The first kappa shape index (κ1) is 23.0. The van der Waals surface area contributed by atoms with Gasteiger partial charge in [-0.25, -0.2) is 18.6 Å². The van der Waals surface area contributed by atoms with Gasteiger partial charge in [-0.2, -0.15) is 0 Å². The molecule has 0 unspecified atom stereocenters. The van der Waals surface area contributed by atoms with Crippen molar-refractivity contribution in [2.75, 3.05) is 5.32 Å². The standard InChI is InChI=1S/C29H25ClF2N4/c1-15-16-8-10-18(11-9-16)25(15)35-29-24(32)23(17-6-4-3-5-7-17)28(33-2)27(36-29)21-14-34-26-20(21)12-19(31)13-22(26)30/h3-7,12-16,18,25,34H,8-11H2,1H3,(H,35,36)/t15-,16?,18?,25+/m1/s1. The molecule has 3 saturated carbocycles. The number of anilines is 1. The van der Waals surface area contributed by atoms with E-state index in [4.69, 9.17) is 23.2 Å². The molecule has 4 aromatic rings. The number of benzene rings is 2. The van der Waals surface area contributed by atoms with Gasteiger partial charge in [-0.15, -0.1) is 0 Å². The first-order chi connectivity index (χ1) is 17.5. The van der Waals surface area contributed by atoms with Gasteiger partial charge in [-0.3, -0.25) is 0 Å². The predicted molar refractivity (Wildman–Crippen MR) is 140 cm³/mol. The molecule has 2 aromatic carbocycles. The third-order valence-corrected chi connectivity index (χ3v) is 8.48. The molecule has 2 N–H and O–H groups in total. The number of rotatable bonds is 4. The molecule has 2 atom stereocenters. The molecule has 0 radical (unpaired) electrons. The lowest BCUT2D eigenvalue weighted by atomic mass is 9.62. The average Bonchev–Trinajstić information content (AvgIpc) is 3.31. The van der Waals surface area contributed by atoms with Gasteiger partial charge in [0, 0.05) is 28.8 Å². The average molecular weight is 503 g/mol. The molecule has 3 aliphatic rings. The Morgan fingerprint density at radius 3 is 2.50 bits per heavy atom. The topological polar surface area (TPSA) is 45.1 Å². The fraction of sp³-hybridized carbons (Fsp3) is 0.310. The highest BCUT2D eigenvalue weighted by molar-refractivity contribution is 6.35. The predicted octanol–water partition coefficient (Wildman–Crippen LogP) is 8.62. The highest BCUT2D eigenvalue weighted by atomic mass is 35.5. The van der Waals surface area contributed by atoms with Gasteiger partial charge in [0.1, 0.15) is 5.82 Å². The maximum absolute atomic E-state index is 16.2. The Morgan fingerprint density at radius 2 is 1.81 bits per heavy atom. The maximum Gasteiger partial charge on any atom is 0.223 e. The van der Waals surface area contributed by atoms with E-state index in [9.17, 15) is 4.39 Å². The number of nitrogens with zero attached hydrogens (tertiary/aromatic N) is 2. The largest absolute Gasteiger partial charge is 0.364 e. The zero-order chi connectivity index (χ0) is 25.0. The van der Waals surface area contributed by atoms with E-state index in [1.165, 1.54) is 25.0 Å². The molecule has 3 fully saturated rings. The fourth-order valence-electron chi connectivity index (χ4n) is 6.33. The van der Waals surface area contributed by atoms with Crippen LogP contribution in [0, 0.1) is 36.0 Å². The van der Waals surface area contributed by atoms with Crippen LogP contribution in [0.4, 0.5) is 20.3 Å². The van der Waals surface area contributed by atoms with Gasteiger partial charge >= 0.3 is 0 Å². The Morgan fingerprint density at radius 1 is 1.08 bits per heavy atom. The monoisotopic (exact) mass is 502 g/mol. The van der Waals surface area contributed by atoms with E-state index in [2.05, 4.69) is 22.1 Å². The number of fused-ring (bicyclic) bond motifs is 4. The van der Waals surface area contributed by atoms with Crippen LogP contribution in [-0.2, 0) is 0 Å². The van der Waals surface area contributed by atoms with Gasteiger partial charge in [-0.05, 0) is 61.1 Å². The molecule has 182 valence electrons. The van der Waals surface area contributed by atoms with Crippen LogP contribution < -0.4 is 5.32 Å². The van der Waals surface area contributed by atoms with Gasteiger partial charge in [0.05, 0.1) is 22.8 Å². The minimum Gasteiger partial charge on any atom is -0.364 e. The van der Waals surface area contributed by atoms with Crippen LogP contribution in [0.2, 0.25) is 5.02 Å². The number of hydrogen-bond acceptors (Lipinski definition) is 2. The summed E-state index contributed by atoms with van der Waals surface area (Å²) in [7, 11) is 0. The first-order valence-corrected chi connectivity index (χ1v) is 12.7. The van der Waals surface area contributed by atoms with Crippen molar-refractivity contribution in [1.82, 2.24) is 9.97 Å². The van der Waals surface area contributed by atoms with Crippen molar-refractivity contribution in [2.45, 2.75) is 38.6 Å². The molecule has 2 heterocycles. The highest BCUT2D eigenvalue weighted by Crippen LogP contribution is 2.48. The van der Waals surface area contributed by atoms with Gasteiger partial charge < -0.3 is 10.3 Å². The summed E-state index contributed by atoms with van der Waals surface area (Å²) in [6, 6.07) is 11.8. The van der Waals surface area contributed by atoms with Crippen LogP contribution in [0.25, 0.3) is 38.1 Å². The molecule has 0 saturated heterocycles. The summed E-state index contributed by atoms with van der Waals surface area (Å²) in [6.45, 7) is 10.2. The lowest BCUT2D eigenvalue weighted by Crippen LogP contribution is -2.47.